The topological polar surface area (TPSA) is 58.6 Å². The third kappa shape index (κ3) is 3.99. The number of methoxy groups -OCH3 is 1. The molecule has 5 nitrogen and oxygen atoms in total. The van der Waals surface area contributed by atoms with Gasteiger partial charge >= 0.3 is 0 Å². The van der Waals surface area contributed by atoms with E-state index in [0.29, 0.717) is 12.1 Å². The largest absolute Gasteiger partial charge is 0.497 e. The summed E-state index contributed by atoms with van der Waals surface area (Å²) in [4.78, 5) is 27.6. The van der Waals surface area contributed by atoms with E-state index in [4.69, 9.17) is 4.74 Å². The van der Waals surface area contributed by atoms with Gasteiger partial charge in [-0.25, -0.2) is 0 Å². The number of para-hydroxylation sites is 1. The Bertz CT molecular complexity index is 1020. The van der Waals surface area contributed by atoms with Gasteiger partial charge in [0.25, 0.3) is 5.91 Å². The Labute approximate surface area is 169 Å². The number of rotatable bonds is 6. The molecule has 0 fully saturated rings. The van der Waals surface area contributed by atoms with Crippen LogP contribution in [0.3, 0.4) is 0 Å². The summed E-state index contributed by atoms with van der Waals surface area (Å²) in [5.41, 5.74) is 3.33. The highest BCUT2D eigenvalue weighted by Crippen LogP contribution is 2.34. The van der Waals surface area contributed by atoms with E-state index in [9.17, 15) is 9.59 Å². The van der Waals surface area contributed by atoms with E-state index in [0.717, 1.165) is 22.6 Å². The molecular formula is C24H22N2O3. The lowest BCUT2D eigenvalue weighted by Gasteiger charge is -2.28. The maximum absolute atomic E-state index is 13.0. The number of nitrogens with one attached hydrogen (secondary N) is 1. The lowest BCUT2D eigenvalue weighted by atomic mass is 10.0. The Balaban J connectivity index is 1.61. The molecule has 0 unspecified atom stereocenters. The van der Waals surface area contributed by atoms with E-state index in [1.807, 2.05) is 78.9 Å². The number of benzene rings is 3. The standard InChI is InChI=1S/C24H22N2O3/c1-29-20-13-11-17(12-14-20)22(15-23(27)25-19-8-3-2-4-9-19)26-16-18-7-5-6-10-21(18)24(26)28/h2-14,22H,15-16H2,1H3,(H,25,27)/t22-/m0/s1. The van der Waals surface area contributed by atoms with E-state index >= 15 is 0 Å². The monoisotopic (exact) mass is 386 g/mol. The Hall–Kier alpha value is -3.60. The molecule has 3 aromatic rings. The predicted molar refractivity (Wildman–Crippen MR) is 112 cm³/mol. The molecule has 29 heavy (non-hydrogen) atoms. The molecule has 1 N–H and O–H groups in total. The minimum atomic E-state index is -0.371. The quantitative estimate of drug-likeness (QED) is 0.682. The summed E-state index contributed by atoms with van der Waals surface area (Å²) in [6.45, 7) is 0.490. The van der Waals surface area contributed by atoms with Gasteiger partial charge in [0, 0.05) is 17.8 Å². The van der Waals surface area contributed by atoms with E-state index in [1.165, 1.54) is 0 Å². The predicted octanol–water partition coefficient (Wildman–Crippen LogP) is 4.42. The molecule has 1 aliphatic rings. The summed E-state index contributed by atoms with van der Waals surface area (Å²) in [5, 5.41) is 2.92. The van der Waals surface area contributed by atoms with Crippen LogP contribution in [0.4, 0.5) is 5.69 Å². The molecule has 0 aromatic heterocycles. The Morgan fingerprint density at radius 3 is 2.38 bits per heavy atom. The SMILES string of the molecule is COc1ccc([C@H](CC(=O)Nc2ccccc2)N2Cc3ccccc3C2=O)cc1. The summed E-state index contributed by atoms with van der Waals surface area (Å²) in [6.07, 6.45) is 0.168. The van der Waals surface area contributed by atoms with E-state index < -0.39 is 0 Å². The van der Waals surface area contributed by atoms with Crippen molar-refractivity contribution in [2.24, 2.45) is 0 Å². The minimum Gasteiger partial charge on any atom is -0.497 e. The van der Waals surface area contributed by atoms with Crippen LogP contribution in [-0.2, 0) is 11.3 Å². The van der Waals surface area contributed by atoms with Crippen LogP contribution in [0.5, 0.6) is 5.75 Å². The first kappa shape index (κ1) is 18.7. The second kappa shape index (κ2) is 8.19. The van der Waals surface area contributed by atoms with E-state index in [1.54, 1.807) is 12.0 Å². The number of carbonyl (C=O) groups excluding carboxylic acids is 2. The number of hydrogen-bond donors (Lipinski definition) is 1. The molecule has 1 atom stereocenters. The van der Waals surface area contributed by atoms with E-state index in [-0.39, 0.29) is 24.3 Å². The fourth-order valence-electron chi connectivity index (χ4n) is 3.67. The lowest BCUT2D eigenvalue weighted by Crippen LogP contribution is -2.32. The first-order chi connectivity index (χ1) is 14.2. The zero-order chi connectivity index (χ0) is 20.2. The molecular weight excluding hydrogens is 364 g/mol. The van der Waals surface area contributed by atoms with Crippen LogP contribution in [0.1, 0.15) is 33.9 Å². The molecule has 3 aromatic carbocycles. The molecule has 4 rings (SSSR count). The van der Waals surface area contributed by atoms with Crippen LogP contribution in [-0.4, -0.2) is 23.8 Å². The van der Waals surface area contributed by atoms with Crippen molar-refractivity contribution in [3.05, 3.63) is 95.6 Å². The summed E-state index contributed by atoms with van der Waals surface area (Å²) in [7, 11) is 1.61. The average Bonchev–Trinajstić information content (AvgIpc) is 3.09. The van der Waals surface area contributed by atoms with Crippen LogP contribution in [0.15, 0.2) is 78.9 Å². The van der Waals surface area contributed by atoms with Crippen molar-refractivity contribution in [2.75, 3.05) is 12.4 Å². The van der Waals surface area contributed by atoms with Gasteiger partial charge in [-0.3, -0.25) is 9.59 Å². The van der Waals surface area contributed by atoms with Crippen LogP contribution < -0.4 is 10.1 Å². The summed E-state index contributed by atoms with van der Waals surface area (Å²) >= 11 is 0. The van der Waals surface area contributed by atoms with Crippen molar-refractivity contribution >= 4 is 17.5 Å². The smallest absolute Gasteiger partial charge is 0.255 e. The van der Waals surface area contributed by atoms with Crippen molar-refractivity contribution in [1.29, 1.82) is 0 Å². The number of hydrogen-bond acceptors (Lipinski definition) is 3. The van der Waals surface area contributed by atoms with Crippen LogP contribution in [0, 0.1) is 0 Å². The molecule has 0 spiro atoms. The fourth-order valence-corrected chi connectivity index (χ4v) is 3.67. The van der Waals surface area contributed by atoms with Crippen LogP contribution in [0.25, 0.3) is 0 Å². The molecule has 0 radical (unpaired) electrons. The van der Waals surface area contributed by atoms with E-state index in [2.05, 4.69) is 5.32 Å². The third-order valence-electron chi connectivity index (χ3n) is 5.16. The molecule has 0 aliphatic carbocycles. The third-order valence-corrected chi connectivity index (χ3v) is 5.16. The van der Waals surface area contributed by atoms with Gasteiger partial charge in [0.15, 0.2) is 0 Å². The summed E-state index contributed by atoms with van der Waals surface area (Å²) in [6, 6.07) is 24.1. The summed E-state index contributed by atoms with van der Waals surface area (Å²) in [5.74, 6) is 0.548. The van der Waals surface area contributed by atoms with Crippen LogP contribution >= 0.6 is 0 Å². The highest BCUT2D eigenvalue weighted by molar-refractivity contribution is 5.99. The number of anilines is 1. The maximum Gasteiger partial charge on any atom is 0.255 e. The Morgan fingerprint density at radius 1 is 1.00 bits per heavy atom. The Kier molecular flexibility index (Phi) is 5.29. The maximum atomic E-state index is 13.0. The summed E-state index contributed by atoms with van der Waals surface area (Å²) < 4.78 is 5.25. The zero-order valence-corrected chi connectivity index (χ0v) is 16.2. The first-order valence-electron chi connectivity index (χ1n) is 9.53. The van der Waals surface area contributed by atoms with Gasteiger partial charge in [0.1, 0.15) is 5.75 Å². The van der Waals surface area contributed by atoms with Crippen molar-refractivity contribution in [2.45, 2.75) is 19.0 Å². The second-order valence-electron chi connectivity index (χ2n) is 7.00. The van der Waals surface area contributed by atoms with Crippen molar-refractivity contribution in [3.8, 4) is 5.75 Å². The molecule has 1 aliphatic heterocycles. The molecule has 2 amide bonds. The normalized spacial score (nSPS) is 13.7. The van der Waals surface area contributed by atoms with Crippen LogP contribution in [0.2, 0.25) is 0 Å². The van der Waals surface area contributed by atoms with Gasteiger partial charge in [-0.05, 0) is 41.5 Å². The molecule has 5 heteroatoms. The fraction of sp³-hybridized carbons (Fsp3) is 0.167. The minimum absolute atomic E-state index is 0.0473. The number of amides is 2. The van der Waals surface area contributed by atoms with Gasteiger partial charge in [-0.2, -0.15) is 0 Å². The molecule has 146 valence electrons. The van der Waals surface area contributed by atoms with Crippen molar-refractivity contribution < 1.29 is 14.3 Å². The van der Waals surface area contributed by atoms with Gasteiger partial charge in [-0.15, -0.1) is 0 Å². The molecule has 0 saturated carbocycles. The highest BCUT2D eigenvalue weighted by atomic mass is 16.5. The van der Waals surface area contributed by atoms with Gasteiger partial charge in [-0.1, -0.05) is 48.5 Å². The lowest BCUT2D eigenvalue weighted by molar-refractivity contribution is -0.117. The molecule has 0 saturated heterocycles. The number of nitrogens with zero attached hydrogens (tertiary/aromatic N) is 1. The Morgan fingerprint density at radius 2 is 1.69 bits per heavy atom. The van der Waals surface area contributed by atoms with Crippen molar-refractivity contribution in [1.82, 2.24) is 4.90 Å². The highest BCUT2D eigenvalue weighted by Gasteiger charge is 2.34. The van der Waals surface area contributed by atoms with Gasteiger partial charge < -0.3 is 15.0 Å². The van der Waals surface area contributed by atoms with Gasteiger partial charge in [0.05, 0.1) is 19.6 Å². The second-order valence-corrected chi connectivity index (χ2v) is 7.00. The first-order valence-corrected chi connectivity index (χ1v) is 9.53. The number of ether oxygens (including phenoxy) is 1. The number of fused-ring (bicyclic) bond motifs is 1. The molecule has 0 bridgehead atoms. The molecule has 1 heterocycles. The van der Waals surface area contributed by atoms with Crippen molar-refractivity contribution in [3.63, 3.8) is 0 Å². The number of carbonyl (C=O) groups is 2. The average molecular weight is 386 g/mol. The van der Waals surface area contributed by atoms with Gasteiger partial charge in [0.2, 0.25) is 5.91 Å². The zero-order valence-electron chi connectivity index (χ0n) is 16.2.